The highest BCUT2D eigenvalue weighted by Gasteiger charge is 2.50. The number of imide groups is 1. The fourth-order valence-corrected chi connectivity index (χ4v) is 2.41. The maximum Gasteiger partial charge on any atom is 0.325 e. The molecule has 82 valence electrons. The topological polar surface area (TPSA) is 66.5 Å². The third kappa shape index (κ3) is 1.52. The average Bonchev–Trinajstić information content (AvgIpc) is 2.45. The van der Waals surface area contributed by atoms with Gasteiger partial charge in [-0.25, -0.2) is 4.79 Å². The van der Waals surface area contributed by atoms with Crippen LogP contribution in [0.2, 0.25) is 0 Å². The van der Waals surface area contributed by atoms with Crippen LogP contribution >= 0.6 is 0 Å². The molecule has 3 amide bonds. The van der Waals surface area contributed by atoms with Crippen LogP contribution in [-0.4, -0.2) is 35.2 Å². The van der Waals surface area contributed by atoms with Gasteiger partial charge in [-0.1, -0.05) is 19.3 Å². The molecular weight excluding hydrogens is 196 g/mol. The molecule has 2 aliphatic rings. The number of urea groups is 1. The van der Waals surface area contributed by atoms with E-state index in [1.54, 1.807) is 0 Å². The van der Waals surface area contributed by atoms with Gasteiger partial charge in [0, 0.05) is 0 Å². The number of carbonyl (C=O) groups excluding carboxylic acids is 3. The van der Waals surface area contributed by atoms with E-state index in [0.29, 0.717) is 19.1 Å². The second-order valence-electron chi connectivity index (χ2n) is 4.16. The summed E-state index contributed by atoms with van der Waals surface area (Å²) in [6.07, 6.45) is 5.01. The van der Waals surface area contributed by atoms with E-state index in [4.69, 9.17) is 0 Å². The molecule has 0 aromatic rings. The van der Waals surface area contributed by atoms with Crippen molar-refractivity contribution in [3.63, 3.8) is 0 Å². The van der Waals surface area contributed by atoms with Crippen LogP contribution < -0.4 is 5.32 Å². The minimum absolute atomic E-state index is 0.133. The van der Waals surface area contributed by atoms with E-state index in [0.717, 1.165) is 24.2 Å². The summed E-state index contributed by atoms with van der Waals surface area (Å²) in [4.78, 5) is 34.8. The van der Waals surface area contributed by atoms with Crippen molar-refractivity contribution < 1.29 is 14.4 Å². The molecule has 2 rings (SSSR count). The molecule has 1 spiro atoms. The summed E-state index contributed by atoms with van der Waals surface area (Å²) in [6, 6.07) is -0.422. The second kappa shape index (κ2) is 3.64. The largest absolute Gasteiger partial charge is 0.325 e. The first-order valence-electron chi connectivity index (χ1n) is 5.27. The Morgan fingerprint density at radius 1 is 1.27 bits per heavy atom. The van der Waals surface area contributed by atoms with Crippen molar-refractivity contribution in [3.05, 3.63) is 0 Å². The van der Waals surface area contributed by atoms with Crippen molar-refractivity contribution in [2.45, 2.75) is 37.6 Å². The highest BCUT2D eigenvalue weighted by molar-refractivity contribution is 6.08. The molecule has 1 aliphatic carbocycles. The van der Waals surface area contributed by atoms with Crippen molar-refractivity contribution >= 4 is 18.2 Å². The SMILES string of the molecule is O=CCN1C(=O)NC2(CCCCC2)C1=O. The summed E-state index contributed by atoms with van der Waals surface area (Å²) in [5.74, 6) is -0.223. The van der Waals surface area contributed by atoms with Gasteiger partial charge in [0.05, 0.1) is 6.54 Å². The first-order chi connectivity index (χ1) is 7.19. The second-order valence-corrected chi connectivity index (χ2v) is 4.16. The molecule has 1 aliphatic heterocycles. The lowest BCUT2D eigenvalue weighted by Crippen LogP contribution is -2.48. The van der Waals surface area contributed by atoms with E-state index in [1.165, 1.54) is 0 Å². The molecule has 1 saturated carbocycles. The zero-order valence-corrected chi connectivity index (χ0v) is 8.49. The van der Waals surface area contributed by atoms with Crippen LogP contribution in [0, 0.1) is 0 Å². The average molecular weight is 210 g/mol. The number of rotatable bonds is 2. The van der Waals surface area contributed by atoms with Crippen LogP contribution in [0.15, 0.2) is 0 Å². The summed E-state index contributed by atoms with van der Waals surface area (Å²) >= 11 is 0. The van der Waals surface area contributed by atoms with Crippen molar-refractivity contribution in [1.82, 2.24) is 10.2 Å². The highest BCUT2D eigenvalue weighted by atomic mass is 16.2. The number of carbonyl (C=O) groups is 3. The van der Waals surface area contributed by atoms with E-state index in [2.05, 4.69) is 5.32 Å². The van der Waals surface area contributed by atoms with Gasteiger partial charge in [-0.2, -0.15) is 0 Å². The smallest absolute Gasteiger partial charge is 0.323 e. The van der Waals surface area contributed by atoms with Gasteiger partial charge in [0.2, 0.25) is 0 Å². The normalized spacial score (nSPS) is 24.4. The number of hydrogen-bond acceptors (Lipinski definition) is 3. The zero-order valence-electron chi connectivity index (χ0n) is 8.49. The first kappa shape index (κ1) is 10.1. The Morgan fingerprint density at radius 3 is 2.53 bits per heavy atom. The van der Waals surface area contributed by atoms with Gasteiger partial charge in [0.1, 0.15) is 11.8 Å². The Hall–Kier alpha value is -1.39. The highest BCUT2D eigenvalue weighted by Crippen LogP contribution is 2.33. The van der Waals surface area contributed by atoms with Crippen LogP contribution in [0.3, 0.4) is 0 Å². The molecule has 2 fully saturated rings. The molecule has 0 aromatic heterocycles. The van der Waals surface area contributed by atoms with Gasteiger partial charge in [0.15, 0.2) is 0 Å². The Labute approximate surface area is 87.8 Å². The van der Waals surface area contributed by atoms with Gasteiger partial charge in [-0.05, 0) is 12.8 Å². The molecule has 5 nitrogen and oxygen atoms in total. The Bertz CT molecular complexity index is 308. The summed E-state index contributed by atoms with van der Waals surface area (Å²) in [7, 11) is 0. The van der Waals surface area contributed by atoms with Crippen molar-refractivity contribution in [2.24, 2.45) is 0 Å². The molecular formula is C10H14N2O3. The number of aldehydes is 1. The van der Waals surface area contributed by atoms with E-state index in [1.807, 2.05) is 0 Å². The fourth-order valence-electron chi connectivity index (χ4n) is 2.41. The molecule has 1 N–H and O–H groups in total. The zero-order chi connectivity index (χ0) is 10.9. The monoisotopic (exact) mass is 210 g/mol. The van der Waals surface area contributed by atoms with E-state index >= 15 is 0 Å². The van der Waals surface area contributed by atoms with Crippen LogP contribution in [0.4, 0.5) is 4.79 Å². The molecule has 0 unspecified atom stereocenters. The van der Waals surface area contributed by atoms with Gasteiger partial charge < -0.3 is 10.1 Å². The van der Waals surface area contributed by atoms with Crippen molar-refractivity contribution in [1.29, 1.82) is 0 Å². The maximum atomic E-state index is 12.0. The minimum Gasteiger partial charge on any atom is -0.323 e. The van der Waals surface area contributed by atoms with Gasteiger partial charge in [-0.15, -0.1) is 0 Å². The van der Waals surface area contributed by atoms with Crippen LogP contribution in [0.5, 0.6) is 0 Å². The fraction of sp³-hybridized carbons (Fsp3) is 0.700. The number of amides is 3. The lowest BCUT2D eigenvalue weighted by molar-refractivity contribution is -0.133. The predicted molar refractivity (Wildman–Crippen MR) is 52.1 cm³/mol. The predicted octanol–water partition coefficient (Wildman–Crippen LogP) is 0.440. The molecule has 0 radical (unpaired) electrons. The third-order valence-corrected chi connectivity index (χ3v) is 3.21. The molecule has 5 heteroatoms. The summed E-state index contributed by atoms with van der Waals surface area (Å²) in [6.45, 7) is -0.133. The first-order valence-corrected chi connectivity index (χ1v) is 5.27. The molecule has 1 saturated heterocycles. The van der Waals surface area contributed by atoms with Gasteiger partial charge >= 0.3 is 6.03 Å². The van der Waals surface area contributed by atoms with Gasteiger partial charge in [0.25, 0.3) is 5.91 Å². The number of nitrogens with one attached hydrogen (secondary N) is 1. The molecule has 0 bridgehead atoms. The Balaban J connectivity index is 2.19. The number of nitrogens with zero attached hydrogens (tertiary/aromatic N) is 1. The van der Waals surface area contributed by atoms with Crippen molar-refractivity contribution in [3.8, 4) is 0 Å². The lowest BCUT2D eigenvalue weighted by Gasteiger charge is -2.30. The lowest BCUT2D eigenvalue weighted by atomic mass is 9.82. The third-order valence-electron chi connectivity index (χ3n) is 3.21. The standard InChI is InChI=1S/C10H14N2O3/c13-7-6-12-8(14)10(11-9(12)15)4-2-1-3-5-10/h7H,1-6H2,(H,11,15). The van der Waals surface area contributed by atoms with Gasteiger partial charge in [-0.3, -0.25) is 9.69 Å². The quantitative estimate of drug-likeness (QED) is 0.531. The summed E-state index contributed by atoms with van der Waals surface area (Å²) in [5, 5.41) is 2.73. The summed E-state index contributed by atoms with van der Waals surface area (Å²) < 4.78 is 0. The Morgan fingerprint density at radius 2 is 1.93 bits per heavy atom. The van der Waals surface area contributed by atoms with E-state index in [-0.39, 0.29) is 12.5 Å². The maximum absolute atomic E-state index is 12.0. The molecule has 0 aromatic carbocycles. The van der Waals surface area contributed by atoms with Crippen LogP contribution in [-0.2, 0) is 9.59 Å². The van der Waals surface area contributed by atoms with Crippen LogP contribution in [0.1, 0.15) is 32.1 Å². The van der Waals surface area contributed by atoms with E-state index in [9.17, 15) is 14.4 Å². The van der Waals surface area contributed by atoms with Crippen LogP contribution in [0.25, 0.3) is 0 Å². The summed E-state index contributed by atoms with van der Waals surface area (Å²) in [5.41, 5.74) is -0.696. The Kier molecular flexibility index (Phi) is 2.46. The number of hydrogen-bond donors (Lipinski definition) is 1. The van der Waals surface area contributed by atoms with Crippen molar-refractivity contribution in [2.75, 3.05) is 6.54 Å². The van der Waals surface area contributed by atoms with E-state index < -0.39 is 11.6 Å². The minimum atomic E-state index is -0.696. The molecule has 0 atom stereocenters. The molecule has 15 heavy (non-hydrogen) atoms. The molecule has 1 heterocycles.